The van der Waals surface area contributed by atoms with Gasteiger partial charge in [0, 0.05) is 18.1 Å². The molecule has 0 saturated carbocycles. The van der Waals surface area contributed by atoms with Crippen molar-refractivity contribution < 1.29 is 4.79 Å². The maximum atomic E-state index is 11.1. The Morgan fingerprint density at radius 1 is 1.41 bits per heavy atom. The van der Waals surface area contributed by atoms with Crippen LogP contribution in [0.5, 0.6) is 0 Å². The third-order valence-corrected chi connectivity index (χ3v) is 3.25. The molecule has 17 heavy (non-hydrogen) atoms. The summed E-state index contributed by atoms with van der Waals surface area (Å²) in [6.45, 7) is 0. The highest BCUT2D eigenvalue weighted by atomic mass is 32.2. The van der Waals surface area contributed by atoms with Crippen LogP contribution in [0.4, 0.5) is 5.69 Å². The predicted molar refractivity (Wildman–Crippen MR) is 70.9 cm³/mol. The summed E-state index contributed by atoms with van der Waals surface area (Å²) < 4.78 is 0. The fraction of sp³-hybridized carbons (Fsp3) is 0.167. The molecule has 0 unspecified atom stereocenters. The second-order valence-corrected chi connectivity index (χ2v) is 4.56. The Labute approximate surface area is 104 Å². The zero-order chi connectivity index (χ0) is 12.3. The highest BCUT2D eigenvalue weighted by Gasteiger charge is 2.03. The smallest absolute Gasteiger partial charge is 0.230 e. The van der Waals surface area contributed by atoms with Gasteiger partial charge in [-0.05, 0) is 24.3 Å². The molecule has 0 atom stereocenters. The van der Waals surface area contributed by atoms with E-state index in [4.69, 9.17) is 5.73 Å². The van der Waals surface area contributed by atoms with Crippen molar-refractivity contribution >= 4 is 34.3 Å². The monoisotopic (exact) mass is 247 g/mol. The molecule has 1 amide bonds. The van der Waals surface area contributed by atoms with Crippen molar-refractivity contribution in [3.05, 3.63) is 30.3 Å². The van der Waals surface area contributed by atoms with Crippen molar-refractivity contribution in [3.63, 3.8) is 0 Å². The summed E-state index contributed by atoms with van der Waals surface area (Å²) in [5, 5.41) is 4.42. The van der Waals surface area contributed by atoms with E-state index in [1.807, 2.05) is 30.3 Å². The summed E-state index contributed by atoms with van der Waals surface area (Å²) in [4.78, 5) is 15.6. The summed E-state index contributed by atoms with van der Waals surface area (Å²) in [7, 11) is 1.62. The number of nitrogens with one attached hydrogen (secondary N) is 1. The van der Waals surface area contributed by atoms with E-state index in [1.54, 1.807) is 7.05 Å². The van der Waals surface area contributed by atoms with Gasteiger partial charge in [-0.15, -0.1) is 0 Å². The number of anilines is 1. The minimum atomic E-state index is -0.00537. The zero-order valence-electron chi connectivity index (χ0n) is 9.43. The zero-order valence-corrected chi connectivity index (χ0v) is 10.3. The van der Waals surface area contributed by atoms with Crippen LogP contribution in [-0.4, -0.2) is 23.7 Å². The lowest BCUT2D eigenvalue weighted by molar-refractivity contribution is -0.118. The van der Waals surface area contributed by atoms with Gasteiger partial charge in [0.05, 0.1) is 16.3 Å². The molecule has 0 bridgehead atoms. The van der Waals surface area contributed by atoms with Gasteiger partial charge in [-0.2, -0.15) is 0 Å². The summed E-state index contributed by atoms with van der Waals surface area (Å²) in [6, 6.07) is 9.45. The largest absolute Gasteiger partial charge is 0.399 e. The number of hydrogen-bond donors (Lipinski definition) is 2. The minimum Gasteiger partial charge on any atom is -0.399 e. The SMILES string of the molecule is CNC(=O)CSc1ccc2cc(N)ccc2n1. The molecule has 0 spiro atoms. The Balaban J connectivity index is 2.20. The normalized spacial score (nSPS) is 10.4. The Morgan fingerprint density at radius 3 is 3.00 bits per heavy atom. The number of fused-ring (bicyclic) bond motifs is 1. The van der Waals surface area contributed by atoms with Crippen molar-refractivity contribution in [2.45, 2.75) is 5.03 Å². The van der Waals surface area contributed by atoms with Crippen molar-refractivity contribution in [3.8, 4) is 0 Å². The molecule has 4 nitrogen and oxygen atoms in total. The van der Waals surface area contributed by atoms with Crippen LogP contribution < -0.4 is 11.1 Å². The third-order valence-electron chi connectivity index (χ3n) is 2.32. The number of hydrogen-bond acceptors (Lipinski definition) is 4. The molecule has 2 aromatic rings. The molecule has 0 radical (unpaired) electrons. The van der Waals surface area contributed by atoms with Gasteiger partial charge in [0.15, 0.2) is 0 Å². The average Bonchev–Trinajstić information content (AvgIpc) is 2.35. The first-order chi connectivity index (χ1) is 8.19. The molecular weight excluding hydrogens is 234 g/mol. The molecule has 5 heteroatoms. The van der Waals surface area contributed by atoms with Crippen LogP contribution in [0, 0.1) is 0 Å². The van der Waals surface area contributed by atoms with E-state index in [0.29, 0.717) is 5.75 Å². The van der Waals surface area contributed by atoms with Gasteiger partial charge >= 0.3 is 0 Å². The first kappa shape index (κ1) is 11.7. The summed E-state index contributed by atoms with van der Waals surface area (Å²) in [5.41, 5.74) is 7.31. The lowest BCUT2D eigenvalue weighted by Crippen LogP contribution is -2.19. The van der Waals surface area contributed by atoms with Crippen molar-refractivity contribution in [1.82, 2.24) is 10.3 Å². The van der Waals surface area contributed by atoms with Crippen LogP contribution >= 0.6 is 11.8 Å². The van der Waals surface area contributed by atoms with Crippen LogP contribution in [0.1, 0.15) is 0 Å². The van der Waals surface area contributed by atoms with E-state index in [-0.39, 0.29) is 5.91 Å². The molecule has 3 N–H and O–H groups in total. The van der Waals surface area contributed by atoms with Gasteiger partial charge in [0.25, 0.3) is 0 Å². The Bertz CT molecular complexity index is 556. The predicted octanol–water partition coefficient (Wildman–Crippen LogP) is 1.66. The van der Waals surface area contributed by atoms with Gasteiger partial charge in [0.1, 0.15) is 0 Å². The van der Waals surface area contributed by atoms with Crippen molar-refractivity contribution in [2.24, 2.45) is 0 Å². The molecule has 2 rings (SSSR count). The second-order valence-electron chi connectivity index (χ2n) is 3.56. The van der Waals surface area contributed by atoms with Crippen LogP contribution in [-0.2, 0) is 4.79 Å². The lowest BCUT2D eigenvalue weighted by Gasteiger charge is -2.03. The minimum absolute atomic E-state index is 0.00537. The Morgan fingerprint density at radius 2 is 2.24 bits per heavy atom. The quantitative estimate of drug-likeness (QED) is 0.639. The molecule has 0 fully saturated rings. The maximum Gasteiger partial charge on any atom is 0.230 e. The number of rotatable bonds is 3. The van der Waals surface area contributed by atoms with Gasteiger partial charge in [0.2, 0.25) is 5.91 Å². The van der Waals surface area contributed by atoms with E-state index in [1.165, 1.54) is 11.8 Å². The summed E-state index contributed by atoms with van der Waals surface area (Å²) >= 11 is 1.42. The molecular formula is C12H13N3OS. The fourth-order valence-electron chi connectivity index (χ4n) is 1.42. The van der Waals surface area contributed by atoms with Crippen LogP contribution in [0.15, 0.2) is 35.4 Å². The van der Waals surface area contributed by atoms with E-state index in [0.717, 1.165) is 21.6 Å². The maximum absolute atomic E-state index is 11.1. The van der Waals surface area contributed by atoms with Crippen LogP contribution in [0.3, 0.4) is 0 Å². The number of nitrogens with zero attached hydrogens (tertiary/aromatic N) is 1. The van der Waals surface area contributed by atoms with Crippen molar-refractivity contribution in [1.29, 1.82) is 0 Å². The molecule has 0 aliphatic heterocycles. The fourth-order valence-corrected chi connectivity index (χ4v) is 2.17. The number of nitrogen functional groups attached to an aromatic ring is 1. The number of amides is 1. The summed E-state index contributed by atoms with van der Waals surface area (Å²) in [6.07, 6.45) is 0. The molecule has 0 aliphatic rings. The van der Waals surface area contributed by atoms with E-state index >= 15 is 0 Å². The topological polar surface area (TPSA) is 68.0 Å². The highest BCUT2D eigenvalue weighted by molar-refractivity contribution is 7.99. The molecule has 1 aromatic carbocycles. The highest BCUT2D eigenvalue weighted by Crippen LogP contribution is 2.21. The van der Waals surface area contributed by atoms with Gasteiger partial charge in [-0.3, -0.25) is 4.79 Å². The number of thioether (sulfide) groups is 1. The molecule has 88 valence electrons. The van der Waals surface area contributed by atoms with E-state index in [2.05, 4.69) is 10.3 Å². The van der Waals surface area contributed by atoms with Crippen molar-refractivity contribution in [2.75, 3.05) is 18.5 Å². The van der Waals surface area contributed by atoms with Gasteiger partial charge in [-0.25, -0.2) is 4.98 Å². The van der Waals surface area contributed by atoms with E-state index in [9.17, 15) is 4.79 Å². The molecule has 1 heterocycles. The molecule has 0 saturated heterocycles. The van der Waals surface area contributed by atoms with Crippen LogP contribution in [0.2, 0.25) is 0 Å². The second kappa shape index (κ2) is 5.05. The lowest BCUT2D eigenvalue weighted by atomic mass is 10.2. The first-order valence-corrected chi connectivity index (χ1v) is 6.17. The Kier molecular flexibility index (Phi) is 3.49. The summed E-state index contributed by atoms with van der Waals surface area (Å²) in [5.74, 6) is 0.374. The van der Waals surface area contributed by atoms with Gasteiger partial charge < -0.3 is 11.1 Å². The van der Waals surface area contributed by atoms with E-state index < -0.39 is 0 Å². The number of pyridine rings is 1. The number of carbonyl (C=O) groups excluding carboxylic acids is 1. The first-order valence-electron chi connectivity index (χ1n) is 5.19. The number of benzene rings is 1. The van der Waals surface area contributed by atoms with Gasteiger partial charge in [-0.1, -0.05) is 17.8 Å². The average molecular weight is 247 g/mol. The molecule has 0 aliphatic carbocycles. The molecule has 1 aromatic heterocycles. The standard InChI is InChI=1S/C12H13N3OS/c1-14-11(16)7-17-12-5-2-8-6-9(13)3-4-10(8)15-12/h2-6H,7,13H2,1H3,(H,14,16). The Hall–Kier alpha value is -1.75. The third kappa shape index (κ3) is 2.88. The number of aromatic nitrogens is 1. The number of nitrogens with two attached hydrogens (primary N) is 1. The number of carbonyl (C=O) groups is 1. The van der Waals surface area contributed by atoms with Crippen LogP contribution in [0.25, 0.3) is 10.9 Å².